The van der Waals surface area contributed by atoms with Crippen LogP contribution in [-0.4, -0.2) is 51.3 Å². The third-order valence-corrected chi connectivity index (χ3v) is 14.1. The maximum absolute atomic E-state index is 13.8. The van der Waals surface area contributed by atoms with Crippen LogP contribution >= 0.6 is 0 Å². The van der Waals surface area contributed by atoms with E-state index in [2.05, 4.69) is 29.7 Å². The molecule has 4 aliphatic rings. The van der Waals surface area contributed by atoms with Gasteiger partial charge < -0.3 is 19.2 Å². The minimum absolute atomic E-state index is 0.0411. The van der Waals surface area contributed by atoms with Crippen LogP contribution in [0.4, 0.5) is 17.6 Å². The Kier molecular flexibility index (Phi) is 10.1. The molecular formula is C36H54F4N4O3SSi. The fraction of sp³-hybridized carbons (Fsp3) is 0.778. The topological polar surface area (TPSA) is 91.2 Å². The first kappa shape index (κ1) is 37.1. The van der Waals surface area contributed by atoms with Gasteiger partial charge in [-0.3, -0.25) is 4.79 Å². The number of imidazole rings is 1. The predicted octanol–water partition coefficient (Wildman–Crippen LogP) is 8.66. The van der Waals surface area contributed by atoms with Crippen molar-refractivity contribution in [1.82, 2.24) is 19.6 Å². The summed E-state index contributed by atoms with van der Waals surface area (Å²) in [4.78, 5) is 18.1. The summed E-state index contributed by atoms with van der Waals surface area (Å²) in [6, 6.07) is 6.40. The Hall–Kier alpha value is -1.67. The van der Waals surface area contributed by atoms with E-state index in [1.807, 2.05) is 43.5 Å². The fourth-order valence-corrected chi connectivity index (χ4v) is 9.70. The number of nitrogens with one attached hydrogen (secondary N) is 2. The number of hydrogen-bond donors (Lipinski definition) is 2. The van der Waals surface area contributed by atoms with E-state index in [1.54, 1.807) is 0 Å². The summed E-state index contributed by atoms with van der Waals surface area (Å²) >= 11 is -1.41. The maximum atomic E-state index is 13.8. The number of benzene rings is 1. The summed E-state index contributed by atoms with van der Waals surface area (Å²) in [6.07, 6.45) is 3.62. The monoisotopic (exact) mass is 726 g/mol. The van der Waals surface area contributed by atoms with E-state index in [4.69, 9.17) is 9.72 Å². The summed E-state index contributed by atoms with van der Waals surface area (Å²) in [5, 5.41) is 3.15. The molecule has 1 aromatic heterocycles. The Labute approximate surface area is 292 Å². The highest BCUT2D eigenvalue weighted by Gasteiger charge is 2.61. The van der Waals surface area contributed by atoms with Gasteiger partial charge in [0.1, 0.15) is 23.3 Å². The first-order valence-electron chi connectivity index (χ1n) is 18.0. The summed E-state index contributed by atoms with van der Waals surface area (Å²) in [6.45, 7) is 13.5. The van der Waals surface area contributed by atoms with Crippen molar-refractivity contribution >= 4 is 36.4 Å². The molecule has 2 aromatic rings. The van der Waals surface area contributed by atoms with Crippen LogP contribution < -0.4 is 10.0 Å². The SMILES string of the molecule is CC(C)(C)[S@@+]([O-])N[C@@H](CC1CC2(C1)CC(F)(F)C2)c1nc2cc([C@H](NC(=O)CC3CC(F)(F)C3)C3CC3)ccc2n1COCC[Si](C)(C)C. The van der Waals surface area contributed by atoms with Gasteiger partial charge in [-0.15, -0.1) is 4.72 Å². The molecule has 2 N–H and O–H groups in total. The number of ether oxygens (including phenoxy) is 1. The summed E-state index contributed by atoms with van der Waals surface area (Å²) < 4.78 is 79.1. The molecule has 4 aliphatic carbocycles. The highest BCUT2D eigenvalue weighted by atomic mass is 32.2. The van der Waals surface area contributed by atoms with Gasteiger partial charge in [0.2, 0.25) is 17.8 Å². The van der Waals surface area contributed by atoms with Crippen LogP contribution in [0.25, 0.3) is 11.0 Å². The highest BCUT2D eigenvalue weighted by molar-refractivity contribution is 7.90. The van der Waals surface area contributed by atoms with Gasteiger partial charge in [0.15, 0.2) is 0 Å². The average Bonchev–Trinajstić information content (AvgIpc) is 3.70. The second-order valence-electron chi connectivity index (χ2n) is 18.0. The molecular weight excluding hydrogens is 673 g/mol. The molecule has 1 spiro atoms. The van der Waals surface area contributed by atoms with Gasteiger partial charge in [-0.25, -0.2) is 22.5 Å². The maximum Gasteiger partial charge on any atom is 0.249 e. The van der Waals surface area contributed by atoms with Gasteiger partial charge >= 0.3 is 0 Å². The molecule has 274 valence electrons. The lowest BCUT2D eigenvalue weighted by atomic mass is 9.49. The summed E-state index contributed by atoms with van der Waals surface area (Å²) in [5.74, 6) is -4.49. The molecule has 4 fully saturated rings. The Morgan fingerprint density at radius 1 is 1.08 bits per heavy atom. The predicted molar refractivity (Wildman–Crippen MR) is 187 cm³/mol. The zero-order chi connectivity index (χ0) is 35.6. The molecule has 7 nitrogen and oxygen atoms in total. The Balaban J connectivity index is 1.27. The molecule has 6 rings (SSSR count). The highest BCUT2D eigenvalue weighted by Crippen LogP contribution is 2.65. The van der Waals surface area contributed by atoms with E-state index >= 15 is 0 Å². The number of carbonyl (C=O) groups excluding carboxylic acids is 1. The Bertz CT molecular complexity index is 1500. The van der Waals surface area contributed by atoms with Crippen LogP contribution in [0, 0.1) is 23.2 Å². The third kappa shape index (κ3) is 9.04. The lowest BCUT2D eigenvalue weighted by Crippen LogP contribution is -2.54. The van der Waals surface area contributed by atoms with Crippen molar-refractivity contribution in [3.05, 3.63) is 29.6 Å². The molecule has 3 atom stereocenters. The van der Waals surface area contributed by atoms with Crippen molar-refractivity contribution in [2.45, 2.75) is 146 Å². The summed E-state index contributed by atoms with van der Waals surface area (Å²) in [7, 11) is -1.33. The molecule has 0 radical (unpaired) electrons. The van der Waals surface area contributed by atoms with E-state index in [0.717, 1.165) is 48.3 Å². The second kappa shape index (κ2) is 13.4. The first-order chi connectivity index (χ1) is 22.7. The van der Waals surface area contributed by atoms with Crippen LogP contribution in [0.1, 0.15) is 108 Å². The van der Waals surface area contributed by atoms with Crippen LogP contribution in [0.5, 0.6) is 0 Å². The van der Waals surface area contributed by atoms with Crippen molar-refractivity contribution in [3.8, 4) is 0 Å². The molecule has 0 aliphatic heterocycles. The molecule has 1 heterocycles. The van der Waals surface area contributed by atoms with Crippen molar-refractivity contribution in [3.63, 3.8) is 0 Å². The zero-order valence-electron chi connectivity index (χ0n) is 29.9. The van der Waals surface area contributed by atoms with Crippen LogP contribution in [0.3, 0.4) is 0 Å². The van der Waals surface area contributed by atoms with Crippen LogP contribution in [0.15, 0.2) is 18.2 Å². The Morgan fingerprint density at radius 2 is 1.76 bits per heavy atom. The number of rotatable bonds is 15. The largest absolute Gasteiger partial charge is 0.598 e. The van der Waals surface area contributed by atoms with Crippen LogP contribution in [-0.2, 0) is 27.6 Å². The van der Waals surface area contributed by atoms with Crippen molar-refractivity contribution in [2.75, 3.05) is 6.61 Å². The van der Waals surface area contributed by atoms with E-state index in [9.17, 15) is 26.9 Å². The van der Waals surface area contributed by atoms with E-state index in [1.165, 1.54) is 0 Å². The second-order valence-corrected chi connectivity index (χ2v) is 25.6. The number of fused-ring (bicyclic) bond motifs is 1. The fourth-order valence-electron chi connectivity index (χ4n) is 8.13. The zero-order valence-corrected chi connectivity index (χ0v) is 31.7. The molecule has 0 saturated heterocycles. The van der Waals surface area contributed by atoms with Crippen molar-refractivity contribution in [1.29, 1.82) is 0 Å². The standard InChI is InChI=1S/C36H54F4N4O3SSi/c1-33(2,3)48(46)43-28(13-23-16-34(17-23)20-36(39,40)21-34)32-41-27-15-26(9-10-29(27)44(32)22-47-11-12-49(4,5)6)31(25-7-8-25)42-30(45)14-24-18-35(37,38)19-24/h9-10,15,23-25,28,31,43H,7-8,11-14,16-22H2,1-6H3,(H,42,45)/t28-,31+,48+/m0/s1. The summed E-state index contributed by atoms with van der Waals surface area (Å²) in [5.41, 5.74) is 2.25. The minimum atomic E-state index is -2.65. The molecule has 4 saturated carbocycles. The number of alkyl halides is 4. The number of halogens is 4. The number of hydrogen-bond acceptors (Lipinski definition) is 5. The lowest BCUT2D eigenvalue weighted by molar-refractivity contribution is -0.207. The first-order valence-corrected chi connectivity index (χ1v) is 22.9. The third-order valence-electron chi connectivity index (χ3n) is 10.8. The lowest BCUT2D eigenvalue weighted by Gasteiger charge is -2.57. The van der Waals surface area contributed by atoms with Gasteiger partial charge in [-0.05, 0) is 99.8 Å². The molecule has 0 unspecified atom stereocenters. The number of nitrogens with zero attached hydrogens (tertiary/aromatic N) is 2. The van der Waals surface area contributed by atoms with Crippen molar-refractivity contribution in [2.24, 2.45) is 23.2 Å². The minimum Gasteiger partial charge on any atom is -0.598 e. The van der Waals surface area contributed by atoms with Gasteiger partial charge in [-0.1, -0.05) is 25.7 Å². The number of amides is 1. The quantitative estimate of drug-likeness (QED) is 0.0830. The van der Waals surface area contributed by atoms with Gasteiger partial charge in [0.05, 0.1) is 17.1 Å². The van der Waals surface area contributed by atoms with E-state index < -0.39 is 36.0 Å². The smallest absolute Gasteiger partial charge is 0.249 e. The number of carbonyl (C=O) groups is 1. The van der Waals surface area contributed by atoms with Crippen LogP contribution in [0.2, 0.25) is 25.7 Å². The molecule has 1 aromatic carbocycles. The number of aromatic nitrogens is 2. The normalized spacial score (nSPS) is 24.9. The van der Waals surface area contributed by atoms with E-state index in [-0.39, 0.29) is 80.0 Å². The molecule has 49 heavy (non-hydrogen) atoms. The van der Waals surface area contributed by atoms with Gasteiger partial charge in [0.25, 0.3) is 0 Å². The van der Waals surface area contributed by atoms with Gasteiger partial charge in [-0.2, -0.15) is 0 Å². The van der Waals surface area contributed by atoms with Gasteiger partial charge in [0, 0.05) is 58.1 Å². The molecule has 0 bridgehead atoms. The van der Waals surface area contributed by atoms with E-state index in [0.29, 0.717) is 18.9 Å². The molecule has 1 amide bonds. The molecule has 13 heteroatoms. The Morgan fingerprint density at radius 3 is 2.33 bits per heavy atom. The van der Waals surface area contributed by atoms with Crippen molar-refractivity contribution < 1.29 is 31.6 Å². The average molecular weight is 727 g/mol.